The van der Waals surface area contributed by atoms with Gasteiger partial charge in [0.05, 0.1) is 17.4 Å². The van der Waals surface area contributed by atoms with Crippen LogP contribution in [0, 0.1) is 22.3 Å². The molecule has 1 N–H and O–H groups in total. The molecule has 0 radical (unpaired) electrons. The average Bonchev–Trinajstić information content (AvgIpc) is 3.26. The summed E-state index contributed by atoms with van der Waals surface area (Å²) in [5.41, 5.74) is 0.731. The number of aromatic nitrogens is 5. The second-order valence-corrected chi connectivity index (χ2v) is 8.55. The number of nitrogens with one attached hydrogen (secondary N) is 1. The van der Waals surface area contributed by atoms with Crippen LogP contribution in [-0.4, -0.2) is 48.2 Å². The van der Waals surface area contributed by atoms with Crippen molar-refractivity contribution in [2.24, 2.45) is 13.0 Å². The number of hydrogen-bond donors (Lipinski definition) is 1. The van der Waals surface area contributed by atoms with E-state index in [1.165, 1.54) is 6.33 Å². The second-order valence-electron chi connectivity index (χ2n) is 8.17. The third-order valence-electron chi connectivity index (χ3n) is 5.81. The number of amides is 1. The zero-order valence-corrected chi connectivity index (χ0v) is 17.9. The van der Waals surface area contributed by atoms with Gasteiger partial charge in [0.25, 0.3) is 0 Å². The van der Waals surface area contributed by atoms with Crippen LogP contribution in [0.5, 0.6) is 0 Å². The van der Waals surface area contributed by atoms with E-state index in [2.05, 4.69) is 15.2 Å². The van der Waals surface area contributed by atoms with Gasteiger partial charge in [-0.25, -0.2) is 13.8 Å². The maximum absolute atomic E-state index is 13.9. The Labute approximate surface area is 177 Å². The Kier molecular flexibility index (Phi) is 5.44. The van der Waals surface area contributed by atoms with Gasteiger partial charge in [-0.2, -0.15) is 5.10 Å². The Hall–Kier alpha value is -2.62. The van der Waals surface area contributed by atoms with Gasteiger partial charge in [0.15, 0.2) is 16.4 Å². The molecule has 160 valence electrons. The summed E-state index contributed by atoms with van der Waals surface area (Å²) in [6, 6.07) is 1.60. The Bertz CT molecular complexity index is 1150. The SMILES string of the molecule is CC(C)C(C(=O)N1CCCC(c2n[nH]c(=S)n2C)C1)n1cnc2cc(F)c(F)cc21. The molecule has 1 aromatic carbocycles. The van der Waals surface area contributed by atoms with Crippen molar-refractivity contribution in [3.8, 4) is 0 Å². The molecule has 2 unspecified atom stereocenters. The van der Waals surface area contributed by atoms with E-state index in [-0.39, 0.29) is 17.7 Å². The predicted octanol–water partition coefficient (Wildman–Crippen LogP) is 3.71. The lowest BCUT2D eigenvalue weighted by Crippen LogP contribution is -2.44. The van der Waals surface area contributed by atoms with Crippen molar-refractivity contribution in [3.63, 3.8) is 0 Å². The Morgan fingerprint density at radius 2 is 2.03 bits per heavy atom. The van der Waals surface area contributed by atoms with Gasteiger partial charge in [-0.1, -0.05) is 13.8 Å². The molecular weight excluding hydrogens is 410 g/mol. The lowest BCUT2D eigenvalue weighted by atomic mass is 9.95. The summed E-state index contributed by atoms with van der Waals surface area (Å²) in [6.07, 6.45) is 3.26. The molecule has 3 aromatic rings. The van der Waals surface area contributed by atoms with Gasteiger partial charge < -0.3 is 14.0 Å². The molecule has 1 aliphatic rings. The Balaban J connectivity index is 1.65. The molecule has 0 bridgehead atoms. The molecule has 10 heteroatoms. The second kappa shape index (κ2) is 7.90. The topological polar surface area (TPSA) is 71.7 Å². The van der Waals surface area contributed by atoms with Crippen LogP contribution in [0.25, 0.3) is 11.0 Å². The van der Waals surface area contributed by atoms with Crippen molar-refractivity contribution in [1.82, 2.24) is 29.2 Å². The Morgan fingerprint density at radius 3 is 2.70 bits per heavy atom. The van der Waals surface area contributed by atoms with Gasteiger partial charge in [0.2, 0.25) is 5.91 Å². The highest BCUT2D eigenvalue weighted by Crippen LogP contribution is 2.31. The van der Waals surface area contributed by atoms with Crippen molar-refractivity contribution in [3.05, 3.63) is 40.7 Å². The standard InChI is InChI=1S/C20H24F2N6OS/c1-11(2)17(28-10-23-15-7-13(21)14(22)8-16(15)28)19(29)27-6-4-5-12(9-27)18-24-25-20(30)26(18)3/h7-8,10-12,17H,4-6,9H2,1-3H3,(H,25,30). The van der Waals surface area contributed by atoms with E-state index in [1.807, 2.05) is 30.4 Å². The van der Waals surface area contributed by atoms with Crippen LogP contribution in [0.4, 0.5) is 8.78 Å². The first-order chi connectivity index (χ1) is 14.3. The monoisotopic (exact) mass is 434 g/mol. The summed E-state index contributed by atoms with van der Waals surface area (Å²) in [5.74, 6) is -1.11. The number of benzene rings is 1. The number of fused-ring (bicyclic) bond motifs is 1. The number of halogens is 2. The maximum Gasteiger partial charge on any atom is 0.245 e. The predicted molar refractivity (Wildman–Crippen MR) is 110 cm³/mol. The van der Waals surface area contributed by atoms with E-state index in [0.29, 0.717) is 28.9 Å². The molecule has 1 aliphatic heterocycles. The minimum atomic E-state index is -0.956. The normalized spacial score (nSPS) is 18.3. The maximum atomic E-state index is 13.9. The van der Waals surface area contributed by atoms with E-state index < -0.39 is 17.7 Å². The summed E-state index contributed by atoms with van der Waals surface area (Å²) in [4.78, 5) is 19.6. The van der Waals surface area contributed by atoms with Crippen molar-refractivity contribution < 1.29 is 13.6 Å². The molecular formula is C20H24F2N6OS. The molecule has 0 spiro atoms. The van der Waals surface area contributed by atoms with Gasteiger partial charge in [0.1, 0.15) is 11.9 Å². The van der Waals surface area contributed by atoms with Crippen LogP contribution >= 0.6 is 12.2 Å². The molecule has 2 aromatic heterocycles. The van der Waals surface area contributed by atoms with Crippen LogP contribution in [0.2, 0.25) is 0 Å². The quantitative estimate of drug-likeness (QED) is 0.636. The first kappa shape index (κ1) is 20.6. The lowest BCUT2D eigenvalue weighted by Gasteiger charge is -2.36. The highest BCUT2D eigenvalue weighted by Gasteiger charge is 2.34. The largest absolute Gasteiger partial charge is 0.340 e. The molecule has 1 amide bonds. The smallest absolute Gasteiger partial charge is 0.245 e. The zero-order valence-electron chi connectivity index (χ0n) is 17.1. The number of nitrogens with zero attached hydrogens (tertiary/aromatic N) is 5. The number of carbonyl (C=O) groups excluding carboxylic acids is 1. The van der Waals surface area contributed by atoms with Crippen LogP contribution in [0.3, 0.4) is 0 Å². The third-order valence-corrected chi connectivity index (χ3v) is 6.18. The summed E-state index contributed by atoms with van der Waals surface area (Å²) in [7, 11) is 1.87. The molecule has 1 fully saturated rings. The summed E-state index contributed by atoms with van der Waals surface area (Å²) >= 11 is 5.22. The van der Waals surface area contributed by atoms with Gasteiger partial charge in [-0.3, -0.25) is 9.89 Å². The van der Waals surface area contributed by atoms with Gasteiger partial charge in [0, 0.05) is 38.2 Å². The fourth-order valence-corrected chi connectivity index (χ4v) is 4.41. The van der Waals surface area contributed by atoms with Crippen molar-refractivity contribution in [2.75, 3.05) is 13.1 Å². The molecule has 1 saturated heterocycles. The molecule has 7 nitrogen and oxygen atoms in total. The highest BCUT2D eigenvalue weighted by atomic mass is 32.1. The third kappa shape index (κ3) is 3.53. The minimum absolute atomic E-state index is 0.0597. The first-order valence-electron chi connectivity index (χ1n) is 9.99. The van der Waals surface area contributed by atoms with E-state index >= 15 is 0 Å². The first-order valence-corrected chi connectivity index (χ1v) is 10.4. The number of aromatic amines is 1. The summed E-state index contributed by atoms with van der Waals surface area (Å²) < 4.78 is 31.5. The van der Waals surface area contributed by atoms with E-state index in [0.717, 1.165) is 30.8 Å². The van der Waals surface area contributed by atoms with Crippen molar-refractivity contribution in [2.45, 2.75) is 38.6 Å². The molecule has 0 saturated carbocycles. The molecule has 3 heterocycles. The molecule has 2 atom stereocenters. The number of carbonyl (C=O) groups is 1. The minimum Gasteiger partial charge on any atom is -0.340 e. The fourth-order valence-electron chi connectivity index (χ4n) is 4.27. The summed E-state index contributed by atoms with van der Waals surface area (Å²) in [6.45, 7) is 5.05. The number of rotatable bonds is 4. The van der Waals surface area contributed by atoms with Crippen molar-refractivity contribution in [1.29, 1.82) is 0 Å². The van der Waals surface area contributed by atoms with E-state index in [4.69, 9.17) is 12.2 Å². The zero-order chi connectivity index (χ0) is 21.6. The van der Waals surface area contributed by atoms with Gasteiger partial charge in [-0.15, -0.1) is 0 Å². The van der Waals surface area contributed by atoms with E-state index in [1.54, 1.807) is 4.57 Å². The summed E-state index contributed by atoms with van der Waals surface area (Å²) in [5, 5.41) is 7.14. The van der Waals surface area contributed by atoms with Crippen LogP contribution in [0.15, 0.2) is 18.5 Å². The molecule has 0 aliphatic carbocycles. The van der Waals surface area contributed by atoms with E-state index in [9.17, 15) is 13.6 Å². The Morgan fingerprint density at radius 1 is 1.30 bits per heavy atom. The van der Waals surface area contributed by atoms with Gasteiger partial charge in [-0.05, 0) is 31.0 Å². The van der Waals surface area contributed by atoms with Crippen LogP contribution < -0.4 is 0 Å². The number of imidazole rings is 1. The highest BCUT2D eigenvalue weighted by molar-refractivity contribution is 7.71. The van der Waals surface area contributed by atoms with Gasteiger partial charge >= 0.3 is 0 Å². The molecule has 4 rings (SSSR count). The van der Waals surface area contributed by atoms with Crippen LogP contribution in [-0.2, 0) is 11.8 Å². The molecule has 30 heavy (non-hydrogen) atoms. The van der Waals surface area contributed by atoms with Crippen molar-refractivity contribution >= 4 is 29.2 Å². The number of likely N-dealkylation sites (tertiary alicyclic amines) is 1. The van der Waals surface area contributed by atoms with Crippen LogP contribution in [0.1, 0.15) is 44.5 Å². The number of piperidine rings is 1. The lowest BCUT2D eigenvalue weighted by molar-refractivity contribution is -0.137. The number of hydrogen-bond acceptors (Lipinski definition) is 4. The number of H-pyrrole nitrogens is 1. The average molecular weight is 435 g/mol. The fraction of sp³-hybridized carbons (Fsp3) is 0.500.